The van der Waals surface area contributed by atoms with Gasteiger partial charge in [0.25, 0.3) is 5.91 Å². The van der Waals surface area contributed by atoms with Gasteiger partial charge in [-0.2, -0.15) is 4.99 Å². The molecule has 0 radical (unpaired) electrons. The number of carbonyl (C=O) groups is 3. The van der Waals surface area contributed by atoms with Crippen molar-refractivity contribution in [1.82, 2.24) is 15.1 Å². The summed E-state index contributed by atoms with van der Waals surface area (Å²) in [6, 6.07) is -2.01. The van der Waals surface area contributed by atoms with Crippen LogP contribution in [0.4, 0.5) is 4.79 Å². The van der Waals surface area contributed by atoms with Crippen molar-refractivity contribution in [2.75, 3.05) is 27.2 Å². The standard InChI is InChI=1S/C14H27N9O3/c1-22-7-9(11(25)20-14(22)21-13(18)26)23(2)10(24)6-8(15)4-3-5-19-12(16)17/h8-9H,3-7,15H2,1-2H3,(H4,16,17,19)(H3,18,20,21,25,26)/t8-,9?/m0/s1. The monoisotopic (exact) mass is 369 g/mol. The maximum absolute atomic E-state index is 12.4. The maximum Gasteiger partial charge on any atom is 0.341 e. The summed E-state index contributed by atoms with van der Waals surface area (Å²) in [4.78, 5) is 45.7. The first-order chi connectivity index (χ1) is 12.1. The van der Waals surface area contributed by atoms with E-state index in [2.05, 4.69) is 15.3 Å². The van der Waals surface area contributed by atoms with Gasteiger partial charge in [-0.15, -0.1) is 0 Å². The quantitative estimate of drug-likeness (QED) is 0.180. The molecule has 12 nitrogen and oxygen atoms in total. The highest BCUT2D eigenvalue weighted by molar-refractivity contribution is 6.06. The van der Waals surface area contributed by atoms with Crippen LogP contribution in [0, 0.1) is 0 Å². The Bertz CT molecular complexity index is 600. The number of likely N-dealkylation sites (N-methyl/N-ethyl adjacent to an activating group) is 2. The third kappa shape index (κ3) is 6.55. The molecule has 146 valence electrons. The number of primary amides is 1. The molecule has 0 saturated carbocycles. The Balaban J connectivity index is 2.56. The highest BCUT2D eigenvalue weighted by Gasteiger charge is 2.34. The Morgan fingerprint density at radius 3 is 2.62 bits per heavy atom. The molecule has 0 aliphatic carbocycles. The van der Waals surface area contributed by atoms with Gasteiger partial charge >= 0.3 is 6.03 Å². The van der Waals surface area contributed by atoms with Gasteiger partial charge in [-0.3, -0.25) is 19.9 Å². The smallest absolute Gasteiger partial charge is 0.341 e. The van der Waals surface area contributed by atoms with Crippen molar-refractivity contribution in [3.8, 4) is 0 Å². The fourth-order valence-electron chi connectivity index (χ4n) is 2.44. The lowest BCUT2D eigenvalue weighted by molar-refractivity contribution is -0.139. The van der Waals surface area contributed by atoms with Gasteiger partial charge < -0.3 is 32.7 Å². The summed E-state index contributed by atoms with van der Waals surface area (Å²) < 4.78 is 0. The van der Waals surface area contributed by atoms with Crippen molar-refractivity contribution in [2.45, 2.75) is 31.3 Å². The Morgan fingerprint density at radius 2 is 2.04 bits per heavy atom. The number of hydrogen-bond acceptors (Lipinski definition) is 5. The predicted octanol–water partition coefficient (Wildman–Crippen LogP) is -2.92. The lowest BCUT2D eigenvalue weighted by Crippen LogP contribution is -2.62. The number of carbonyl (C=O) groups excluding carboxylic acids is 3. The van der Waals surface area contributed by atoms with Gasteiger partial charge in [0, 0.05) is 39.6 Å². The summed E-state index contributed by atoms with van der Waals surface area (Å²) in [6.45, 7) is 0.623. The van der Waals surface area contributed by atoms with E-state index in [1.54, 1.807) is 7.05 Å². The molecule has 0 aromatic rings. The molecule has 1 saturated heterocycles. The van der Waals surface area contributed by atoms with Gasteiger partial charge in [-0.1, -0.05) is 0 Å². The summed E-state index contributed by atoms with van der Waals surface area (Å²) in [5.74, 6) is -0.638. The van der Waals surface area contributed by atoms with Crippen molar-refractivity contribution in [3.63, 3.8) is 0 Å². The molecule has 0 aromatic carbocycles. The number of rotatable bonds is 7. The van der Waals surface area contributed by atoms with Gasteiger partial charge in [0.2, 0.25) is 11.9 Å². The third-order valence-corrected chi connectivity index (χ3v) is 3.89. The molecule has 2 atom stereocenters. The van der Waals surface area contributed by atoms with Crippen LogP contribution < -0.4 is 28.3 Å². The van der Waals surface area contributed by atoms with Crippen molar-refractivity contribution in [2.24, 2.45) is 32.9 Å². The fraction of sp³-hybridized carbons (Fsp3) is 0.643. The molecule has 1 unspecified atom stereocenters. The van der Waals surface area contributed by atoms with Gasteiger partial charge in [0.1, 0.15) is 6.04 Å². The highest BCUT2D eigenvalue weighted by atomic mass is 16.2. The zero-order valence-electron chi connectivity index (χ0n) is 15.0. The molecule has 1 aliphatic heterocycles. The van der Waals surface area contributed by atoms with Crippen LogP contribution in [0.5, 0.6) is 0 Å². The van der Waals surface area contributed by atoms with E-state index in [-0.39, 0.29) is 36.8 Å². The molecular weight excluding hydrogens is 342 g/mol. The largest absolute Gasteiger partial charge is 0.370 e. The van der Waals surface area contributed by atoms with Crippen LogP contribution in [0.25, 0.3) is 0 Å². The molecule has 0 bridgehead atoms. The van der Waals surface area contributed by atoms with Crippen LogP contribution in [0.15, 0.2) is 9.98 Å². The van der Waals surface area contributed by atoms with Crippen LogP contribution in [0.3, 0.4) is 0 Å². The van der Waals surface area contributed by atoms with Crippen molar-refractivity contribution in [1.29, 1.82) is 0 Å². The zero-order valence-corrected chi connectivity index (χ0v) is 15.0. The fourth-order valence-corrected chi connectivity index (χ4v) is 2.44. The molecule has 1 fully saturated rings. The first kappa shape index (κ1) is 21.2. The molecule has 1 heterocycles. The minimum atomic E-state index is -0.915. The summed E-state index contributed by atoms with van der Waals surface area (Å²) in [5.41, 5.74) is 21.4. The average Bonchev–Trinajstić information content (AvgIpc) is 2.53. The summed E-state index contributed by atoms with van der Waals surface area (Å²) in [6.07, 6.45) is 1.31. The van der Waals surface area contributed by atoms with Gasteiger partial charge in [0.05, 0.1) is 0 Å². The van der Waals surface area contributed by atoms with E-state index >= 15 is 0 Å². The molecule has 9 N–H and O–H groups in total. The summed E-state index contributed by atoms with van der Waals surface area (Å²) in [5, 5.41) is 2.46. The number of amides is 4. The Labute approximate surface area is 151 Å². The molecule has 0 aromatic heterocycles. The molecule has 0 spiro atoms. The van der Waals surface area contributed by atoms with Crippen LogP contribution in [-0.2, 0) is 9.59 Å². The van der Waals surface area contributed by atoms with E-state index in [0.717, 1.165) is 0 Å². The number of nitrogens with two attached hydrogens (primary N) is 4. The summed E-state index contributed by atoms with van der Waals surface area (Å²) >= 11 is 0. The second kappa shape index (κ2) is 9.56. The van der Waals surface area contributed by atoms with Gasteiger partial charge in [0.15, 0.2) is 5.96 Å². The topological polar surface area (TPSA) is 199 Å². The Hall–Kier alpha value is -2.89. The molecule has 26 heavy (non-hydrogen) atoms. The average molecular weight is 369 g/mol. The number of nitrogens with one attached hydrogen (secondary N) is 1. The van der Waals surface area contributed by atoms with Crippen LogP contribution in [0.2, 0.25) is 0 Å². The lowest BCUT2D eigenvalue weighted by atomic mass is 10.1. The molecule has 12 heteroatoms. The minimum Gasteiger partial charge on any atom is -0.370 e. The number of aliphatic imine (C=N–C) groups is 2. The second-order valence-corrected chi connectivity index (χ2v) is 6.08. The van der Waals surface area contributed by atoms with Crippen molar-refractivity contribution < 1.29 is 14.4 Å². The summed E-state index contributed by atoms with van der Waals surface area (Å²) in [7, 11) is 3.16. The zero-order chi connectivity index (χ0) is 19.9. The normalized spacial score (nSPS) is 19.7. The highest BCUT2D eigenvalue weighted by Crippen LogP contribution is 2.10. The molecular formula is C14H27N9O3. The van der Waals surface area contributed by atoms with E-state index in [1.807, 2.05) is 0 Å². The number of hydrogen-bond donors (Lipinski definition) is 5. The second-order valence-electron chi connectivity index (χ2n) is 6.08. The first-order valence-corrected chi connectivity index (χ1v) is 8.08. The number of guanidine groups is 2. The predicted molar refractivity (Wildman–Crippen MR) is 96.9 cm³/mol. The van der Waals surface area contributed by atoms with Crippen LogP contribution >= 0.6 is 0 Å². The van der Waals surface area contributed by atoms with E-state index in [4.69, 9.17) is 22.9 Å². The third-order valence-electron chi connectivity index (χ3n) is 3.89. The van der Waals surface area contributed by atoms with Gasteiger partial charge in [-0.05, 0) is 12.8 Å². The van der Waals surface area contributed by atoms with E-state index < -0.39 is 18.0 Å². The van der Waals surface area contributed by atoms with Crippen molar-refractivity contribution in [3.05, 3.63) is 0 Å². The van der Waals surface area contributed by atoms with Crippen LogP contribution in [0.1, 0.15) is 19.3 Å². The molecule has 1 rings (SSSR count). The molecule has 1 aliphatic rings. The SMILES string of the molecule is CN1CC(N(C)C(=O)C[C@@H](N)CCCN=C(N)N)C(=O)NC1=NC(N)=O. The van der Waals surface area contributed by atoms with Gasteiger partial charge in [-0.25, -0.2) is 4.79 Å². The minimum absolute atomic E-state index is 0.0149. The maximum atomic E-state index is 12.4. The molecule has 4 amide bonds. The number of nitrogens with zero attached hydrogens (tertiary/aromatic N) is 4. The van der Waals surface area contributed by atoms with Crippen LogP contribution in [-0.4, -0.2) is 78.8 Å². The van der Waals surface area contributed by atoms with E-state index in [9.17, 15) is 14.4 Å². The first-order valence-electron chi connectivity index (χ1n) is 8.08. The lowest BCUT2D eigenvalue weighted by Gasteiger charge is -2.36. The van der Waals surface area contributed by atoms with E-state index in [1.165, 1.54) is 16.8 Å². The number of urea groups is 1. The Kier molecular flexibility index (Phi) is 7.77. The Morgan fingerprint density at radius 1 is 1.38 bits per heavy atom. The van der Waals surface area contributed by atoms with E-state index in [0.29, 0.717) is 19.4 Å². The van der Waals surface area contributed by atoms with Crippen molar-refractivity contribution >= 4 is 29.8 Å².